The summed E-state index contributed by atoms with van der Waals surface area (Å²) in [5.74, 6) is -8.33. The van der Waals surface area contributed by atoms with Gasteiger partial charge < -0.3 is 31.9 Å². The van der Waals surface area contributed by atoms with E-state index >= 15 is 4.39 Å². The molecule has 0 radical (unpaired) electrons. The maximum absolute atomic E-state index is 16.0. The minimum Gasteiger partial charge on any atom is -0.508 e. The monoisotopic (exact) mass is 499 g/mol. The minimum absolute atomic E-state index is 0.0602. The lowest BCUT2D eigenvalue weighted by molar-refractivity contribution is -0.149. The molecule has 0 aromatic heterocycles. The van der Waals surface area contributed by atoms with Crippen LogP contribution in [0.4, 0.5) is 4.39 Å². The highest BCUT2D eigenvalue weighted by atomic mass is 19.1. The third-order valence-corrected chi connectivity index (χ3v) is 9.03. The van der Waals surface area contributed by atoms with Crippen molar-refractivity contribution in [3.8, 4) is 5.75 Å². The Labute approximate surface area is 204 Å². The van der Waals surface area contributed by atoms with Crippen molar-refractivity contribution in [2.75, 3.05) is 13.6 Å². The zero-order chi connectivity index (χ0) is 26.0. The smallest absolute Gasteiger partial charge is 0.255 e. The molecule has 36 heavy (non-hydrogen) atoms. The van der Waals surface area contributed by atoms with E-state index in [4.69, 9.17) is 11.5 Å². The molecule has 4 aliphatic carbocycles. The SMILES string of the molecule is CN1CCC2Cc3c(O)c4c(c(F)c3C21)C[C@H]1C[C@H]2[C@H](N)C(=O)C(C(N)=O)=C(O)[C@@]2(O)C(=O)C1=C4O. The molecular weight excluding hydrogens is 473 g/mol. The van der Waals surface area contributed by atoms with Gasteiger partial charge in [0.15, 0.2) is 11.4 Å². The Bertz CT molecular complexity index is 1370. The van der Waals surface area contributed by atoms with Crippen molar-refractivity contribution in [2.24, 2.45) is 29.2 Å². The van der Waals surface area contributed by atoms with Gasteiger partial charge in [0, 0.05) is 34.2 Å². The molecular formula is C25H26FN3O7. The third-order valence-electron chi connectivity index (χ3n) is 9.03. The number of aliphatic hydroxyl groups is 3. The normalized spacial score (nSPS) is 35.4. The first-order valence-electron chi connectivity index (χ1n) is 11.9. The molecule has 1 heterocycles. The molecule has 1 aromatic rings. The van der Waals surface area contributed by atoms with E-state index < -0.39 is 63.9 Å². The minimum atomic E-state index is -2.78. The Hall–Kier alpha value is -3.28. The third kappa shape index (κ3) is 2.52. The number of Topliss-reactive ketones (excluding diaryl/α,β-unsaturated/α-hetero) is 2. The molecule has 0 spiro atoms. The Morgan fingerprint density at radius 1 is 1.17 bits per heavy atom. The highest BCUT2D eigenvalue weighted by molar-refractivity contribution is 6.24. The second kappa shape index (κ2) is 7.15. The van der Waals surface area contributed by atoms with Gasteiger partial charge in [-0.05, 0) is 51.1 Å². The molecule has 6 rings (SSSR count). The van der Waals surface area contributed by atoms with Crippen LogP contribution in [0.2, 0.25) is 0 Å². The second-order valence-electron chi connectivity index (χ2n) is 10.7. The van der Waals surface area contributed by atoms with E-state index in [1.165, 1.54) is 0 Å². The number of carbonyl (C=O) groups excluding carboxylic acids is 3. The summed E-state index contributed by atoms with van der Waals surface area (Å²) in [6, 6.07) is -1.73. The van der Waals surface area contributed by atoms with Crippen molar-refractivity contribution in [3.05, 3.63) is 45.0 Å². The number of rotatable bonds is 1. The number of hydrogen-bond donors (Lipinski definition) is 6. The summed E-state index contributed by atoms with van der Waals surface area (Å²) >= 11 is 0. The van der Waals surface area contributed by atoms with Crippen molar-refractivity contribution in [3.63, 3.8) is 0 Å². The predicted octanol–water partition coefficient (Wildman–Crippen LogP) is 0.0491. The van der Waals surface area contributed by atoms with Gasteiger partial charge in [-0.2, -0.15) is 0 Å². The maximum Gasteiger partial charge on any atom is 0.255 e. The van der Waals surface area contributed by atoms with Crippen molar-refractivity contribution in [1.82, 2.24) is 4.90 Å². The molecule has 6 atom stereocenters. The highest BCUT2D eigenvalue weighted by Crippen LogP contribution is 2.56. The van der Waals surface area contributed by atoms with Crippen LogP contribution in [0.5, 0.6) is 5.75 Å². The number of likely N-dealkylation sites (tertiary alicyclic amines) is 1. The molecule has 1 aromatic carbocycles. The van der Waals surface area contributed by atoms with Gasteiger partial charge in [-0.25, -0.2) is 4.39 Å². The Morgan fingerprint density at radius 2 is 1.86 bits per heavy atom. The van der Waals surface area contributed by atoms with Crippen LogP contribution >= 0.6 is 0 Å². The predicted molar refractivity (Wildman–Crippen MR) is 122 cm³/mol. The van der Waals surface area contributed by atoms with E-state index in [0.717, 1.165) is 13.0 Å². The Balaban J connectivity index is 1.55. The number of phenols is 1. The molecule has 1 saturated heterocycles. The number of fused-ring (bicyclic) bond motifs is 6. The Morgan fingerprint density at radius 3 is 2.53 bits per heavy atom. The summed E-state index contributed by atoms with van der Waals surface area (Å²) in [5.41, 5.74) is 7.80. The van der Waals surface area contributed by atoms with Crippen LogP contribution in [0, 0.1) is 23.6 Å². The van der Waals surface area contributed by atoms with Crippen molar-refractivity contribution in [1.29, 1.82) is 0 Å². The summed E-state index contributed by atoms with van der Waals surface area (Å²) in [6.45, 7) is 0.801. The van der Waals surface area contributed by atoms with Crippen LogP contribution in [0.1, 0.15) is 41.1 Å². The van der Waals surface area contributed by atoms with E-state index in [0.29, 0.717) is 17.5 Å². The van der Waals surface area contributed by atoms with Gasteiger partial charge in [0.05, 0.1) is 11.6 Å². The number of nitrogens with zero attached hydrogens (tertiary/aromatic N) is 1. The number of aliphatic hydroxyl groups excluding tert-OH is 2. The number of ketones is 2. The summed E-state index contributed by atoms with van der Waals surface area (Å²) in [6.07, 6.45) is 1.01. The first kappa shape index (κ1) is 23.1. The molecule has 10 nitrogen and oxygen atoms in total. The lowest BCUT2D eigenvalue weighted by atomic mass is 9.58. The molecule has 11 heteroatoms. The number of benzene rings is 1. The molecule has 0 bridgehead atoms. The zero-order valence-electron chi connectivity index (χ0n) is 19.4. The number of phenolic OH excluding ortho intramolecular Hbond substituents is 1. The molecule has 2 fully saturated rings. The van der Waals surface area contributed by atoms with Gasteiger partial charge in [-0.15, -0.1) is 0 Å². The van der Waals surface area contributed by atoms with E-state index in [2.05, 4.69) is 0 Å². The summed E-state index contributed by atoms with van der Waals surface area (Å²) in [7, 11) is 1.90. The number of amides is 1. The number of carbonyl (C=O) groups is 3. The molecule has 1 amide bonds. The Kier molecular flexibility index (Phi) is 4.59. The van der Waals surface area contributed by atoms with Crippen LogP contribution in [0.25, 0.3) is 5.76 Å². The highest BCUT2D eigenvalue weighted by Gasteiger charge is 2.63. The molecule has 2 unspecified atom stereocenters. The fourth-order valence-electron chi connectivity index (χ4n) is 7.35. The average molecular weight is 499 g/mol. The van der Waals surface area contributed by atoms with Crippen molar-refractivity contribution < 1.29 is 39.2 Å². The lowest BCUT2D eigenvalue weighted by Gasteiger charge is -2.48. The molecule has 5 aliphatic rings. The topological polar surface area (TPSA) is 187 Å². The lowest BCUT2D eigenvalue weighted by Crippen LogP contribution is -2.65. The standard InChI is InChI=1S/C25H26FN3O7/c1-29-3-2-7-4-10-13(18(7)29)16(26)9-5-8-6-11-17(27)21(32)15(24(28)35)23(34)25(11,36)22(33)12(8)20(31)14(9)19(10)30/h7-8,11,17-18,30-31,34,36H,2-6,27H2,1H3,(H2,28,35)/t7?,8-,11-,17-,18?,25-/m0/s1. The van der Waals surface area contributed by atoms with Crippen LogP contribution in [0.15, 0.2) is 16.9 Å². The maximum atomic E-state index is 16.0. The first-order valence-corrected chi connectivity index (χ1v) is 11.9. The quantitative estimate of drug-likeness (QED) is 0.290. The van der Waals surface area contributed by atoms with E-state index in [1.807, 2.05) is 11.9 Å². The van der Waals surface area contributed by atoms with Gasteiger partial charge >= 0.3 is 0 Å². The molecule has 1 aliphatic heterocycles. The molecule has 1 saturated carbocycles. The van der Waals surface area contributed by atoms with Crippen molar-refractivity contribution in [2.45, 2.75) is 43.4 Å². The van der Waals surface area contributed by atoms with Gasteiger partial charge in [0.25, 0.3) is 5.91 Å². The average Bonchev–Trinajstić information content (AvgIpc) is 3.38. The largest absolute Gasteiger partial charge is 0.508 e. The molecule has 8 N–H and O–H groups in total. The number of hydrogen-bond acceptors (Lipinski definition) is 9. The fraction of sp³-hybridized carbons (Fsp3) is 0.480. The van der Waals surface area contributed by atoms with Gasteiger partial charge in [0.1, 0.15) is 28.7 Å². The van der Waals surface area contributed by atoms with Gasteiger partial charge in [-0.3, -0.25) is 19.3 Å². The van der Waals surface area contributed by atoms with Crippen LogP contribution in [-0.4, -0.2) is 68.0 Å². The van der Waals surface area contributed by atoms with Crippen molar-refractivity contribution >= 4 is 23.2 Å². The van der Waals surface area contributed by atoms with E-state index in [1.54, 1.807) is 0 Å². The zero-order valence-corrected chi connectivity index (χ0v) is 19.4. The summed E-state index contributed by atoms with van der Waals surface area (Å²) in [5, 5.41) is 44.4. The van der Waals surface area contributed by atoms with Crippen LogP contribution in [0.3, 0.4) is 0 Å². The number of halogens is 1. The van der Waals surface area contributed by atoms with Crippen LogP contribution < -0.4 is 11.5 Å². The van der Waals surface area contributed by atoms with Gasteiger partial charge in [-0.1, -0.05) is 0 Å². The number of aromatic hydroxyl groups is 1. The second-order valence-corrected chi connectivity index (χ2v) is 10.7. The number of primary amides is 1. The van der Waals surface area contributed by atoms with Gasteiger partial charge in [0.2, 0.25) is 5.78 Å². The first-order chi connectivity index (χ1) is 16.9. The summed E-state index contributed by atoms with van der Waals surface area (Å²) in [4.78, 5) is 40.1. The summed E-state index contributed by atoms with van der Waals surface area (Å²) < 4.78 is 16.0. The fourth-order valence-corrected chi connectivity index (χ4v) is 7.35. The van der Waals surface area contributed by atoms with Crippen LogP contribution in [-0.2, 0) is 27.2 Å². The van der Waals surface area contributed by atoms with E-state index in [9.17, 15) is 34.8 Å². The van der Waals surface area contributed by atoms with E-state index in [-0.39, 0.29) is 47.3 Å². The molecule has 190 valence electrons. The number of nitrogens with two attached hydrogens (primary N) is 2.